The summed E-state index contributed by atoms with van der Waals surface area (Å²) >= 11 is 0. The van der Waals surface area contributed by atoms with Crippen molar-refractivity contribution >= 4 is 10.0 Å². The molecule has 5 nitrogen and oxygen atoms in total. The Bertz CT molecular complexity index is 383. The average Bonchev–Trinajstić information content (AvgIpc) is 2.67. The first-order chi connectivity index (χ1) is 6.93. The molecule has 1 atom stereocenters. The molecule has 0 bridgehead atoms. The van der Waals surface area contributed by atoms with Gasteiger partial charge >= 0.3 is 0 Å². The van der Waals surface area contributed by atoms with E-state index in [4.69, 9.17) is 5.73 Å². The van der Waals surface area contributed by atoms with Crippen LogP contribution in [0, 0.1) is 5.92 Å². The van der Waals surface area contributed by atoms with Gasteiger partial charge in [0.1, 0.15) is 0 Å². The standard InChI is InChI=1S/C9H17N3O2S/c1-7(2)9(10)6-12-15(13,14)8-3-4-11-5-8/h3-5,7,9,11-12H,6,10H2,1-2H3. The average molecular weight is 231 g/mol. The maximum atomic E-state index is 11.6. The minimum absolute atomic E-state index is 0.168. The quantitative estimate of drug-likeness (QED) is 0.680. The Kier molecular flexibility index (Phi) is 3.90. The molecule has 0 amide bonds. The molecule has 0 saturated heterocycles. The molecule has 15 heavy (non-hydrogen) atoms. The maximum Gasteiger partial charge on any atom is 0.242 e. The molecule has 1 aromatic rings. The number of aromatic amines is 1. The van der Waals surface area contributed by atoms with Gasteiger partial charge in [0.25, 0.3) is 0 Å². The summed E-state index contributed by atoms with van der Waals surface area (Å²) in [5.41, 5.74) is 5.74. The summed E-state index contributed by atoms with van der Waals surface area (Å²) in [5.74, 6) is 0.249. The van der Waals surface area contributed by atoms with Crippen molar-refractivity contribution in [2.24, 2.45) is 11.7 Å². The van der Waals surface area contributed by atoms with Crippen molar-refractivity contribution in [1.29, 1.82) is 0 Å². The van der Waals surface area contributed by atoms with E-state index in [0.29, 0.717) is 0 Å². The van der Waals surface area contributed by atoms with Crippen molar-refractivity contribution in [3.63, 3.8) is 0 Å². The third kappa shape index (κ3) is 3.33. The van der Waals surface area contributed by atoms with Crippen molar-refractivity contribution in [2.75, 3.05) is 6.54 Å². The highest BCUT2D eigenvalue weighted by Gasteiger charge is 2.16. The lowest BCUT2D eigenvalue weighted by Gasteiger charge is -2.15. The summed E-state index contributed by atoms with van der Waals surface area (Å²) in [6.07, 6.45) is 3.00. The first-order valence-corrected chi connectivity index (χ1v) is 6.30. The Morgan fingerprint density at radius 3 is 2.67 bits per heavy atom. The number of hydrogen-bond acceptors (Lipinski definition) is 3. The number of rotatable bonds is 5. The zero-order valence-electron chi connectivity index (χ0n) is 8.90. The van der Waals surface area contributed by atoms with Crippen LogP contribution in [0.5, 0.6) is 0 Å². The molecule has 0 aliphatic rings. The lowest BCUT2D eigenvalue weighted by molar-refractivity contribution is 0.481. The zero-order valence-corrected chi connectivity index (χ0v) is 9.71. The van der Waals surface area contributed by atoms with Gasteiger partial charge in [-0.25, -0.2) is 13.1 Å². The number of nitrogens with two attached hydrogens (primary N) is 1. The third-order valence-corrected chi connectivity index (χ3v) is 3.67. The van der Waals surface area contributed by atoms with Gasteiger partial charge in [-0.1, -0.05) is 13.8 Å². The fraction of sp³-hybridized carbons (Fsp3) is 0.556. The second-order valence-corrected chi connectivity index (χ2v) is 5.57. The topological polar surface area (TPSA) is 88.0 Å². The molecule has 0 aliphatic carbocycles. The molecule has 0 saturated carbocycles. The maximum absolute atomic E-state index is 11.6. The second-order valence-electron chi connectivity index (χ2n) is 3.81. The SMILES string of the molecule is CC(C)C(N)CNS(=O)(=O)c1cc[nH]c1. The predicted octanol–water partition coefficient (Wildman–Crippen LogP) is 0.276. The minimum Gasteiger partial charge on any atom is -0.366 e. The van der Waals surface area contributed by atoms with Gasteiger partial charge in [0.05, 0.1) is 4.90 Å². The molecule has 0 radical (unpaired) electrons. The van der Waals surface area contributed by atoms with E-state index in [0.717, 1.165) is 0 Å². The Labute approximate surface area is 90.1 Å². The minimum atomic E-state index is -3.41. The van der Waals surface area contributed by atoms with E-state index in [1.54, 1.807) is 6.20 Å². The van der Waals surface area contributed by atoms with Gasteiger partial charge in [-0.2, -0.15) is 0 Å². The number of sulfonamides is 1. The van der Waals surface area contributed by atoms with Gasteiger partial charge in [0.15, 0.2) is 0 Å². The van der Waals surface area contributed by atoms with Crippen molar-refractivity contribution in [2.45, 2.75) is 24.8 Å². The molecule has 0 aliphatic heterocycles. The Morgan fingerprint density at radius 1 is 1.53 bits per heavy atom. The van der Waals surface area contributed by atoms with Crippen molar-refractivity contribution in [3.8, 4) is 0 Å². The number of hydrogen-bond donors (Lipinski definition) is 3. The molecule has 0 spiro atoms. The van der Waals surface area contributed by atoms with E-state index in [1.165, 1.54) is 12.3 Å². The summed E-state index contributed by atoms with van der Waals surface area (Å²) in [5, 5.41) is 0. The Hall–Kier alpha value is -0.850. The molecular formula is C9H17N3O2S. The highest BCUT2D eigenvalue weighted by atomic mass is 32.2. The van der Waals surface area contributed by atoms with E-state index in [1.807, 2.05) is 13.8 Å². The highest BCUT2D eigenvalue weighted by Crippen LogP contribution is 2.06. The van der Waals surface area contributed by atoms with Crippen LogP contribution in [0.3, 0.4) is 0 Å². The van der Waals surface area contributed by atoms with Gasteiger partial charge in [-0.05, 0) is 12.0 Å². The van der Waals surface area contributed by atoms with Crippen molar-refractivity contribution < 1.29 is 8.42 Å². The van der Waals surface area contributed by atoms with Crippen LogP contribution in [0.2, 0.25) is 0 Å². The lowest BCUT2D eigenvalue weighted by atomic mass is 10.1. The van der Waals surface area contributed by atoms with Gasteiger partial charge in [-0.15, -0.1) is 0 Å². The van der Waals surface area contributed by atoms with E-state index in [9.17, 15) is 8.42 Å². The second kappa shape index (κ2) is 4.78. The smallest absolute Gasteiger partial charge is 0.242 e. The van der Waals surface area contributed by atoms with Gasteiger partial charge in [0.2, 0.25) is 10.0 Å². The van der Waals surface area contributed by atoms with Gasteiger partial charge < -0.3 is 10.7 Å². The van der Waals surface area contributed by atoms with E-state index < -0.39 is 10.0 Å². The van der Waals surface area contributed by atoms with Crippen LogP contribution in [-0.2, 0) is 10.0 Å². The summed E-state index contributed by atoms with van der Waals surface area (Å²) in [7, 11) is -3.41. The van der Waals surface area contributed by atoms with Crippen molar-refractivity contribution in [1.82, 2.24) is 9.71 Å². The number of H-pyrrole nitrogens is 1. The van der Waals surface area contributed by atoms with Crippen LogP contribution in [0.1, 0.15) is 13.8 Å². The third-order valence-electron chi connectivity index (χ3n) is 2.25. The molecule has 1 rings (SSSR count). The lowest BCUT2D eigenvalue weighted by Crippen LogP contribution is -2.40. The Balaban J connectivity index is 2.59. The van der Waals surface area contributed by atoms with E-state index in [-0.39, 0.29) is 23.4 Å². The predicted molar refractivity (Wildman–Crippen MR) is 58.8 cm³/mol. The summed E-state index contributed by atoms with van der Waals surface area (Å²) in [4.78, 5) is 2.93. The molecule has 1 aromatic heterocycles. The van der Waals surface area contributed by atoms with Crippen molar-refractivity contribution in [3.05, 3.63) is 18.5 Å². The fourth-order valence-electron chi connectivity index (χ4n) is 1.00. The fourth-order valence-corrected chi connectivity index (χ4v) is 2.05. The van der Waals surface area contributed by atoms with Gasteiger partial charge in [0, 0.05) is 25.0 Å². The first-order valence-electron chi connectivity index (χ1n) is 4.81. The summed E-state index contributed by atoms with van der Waals surface area (Å²) < 4.78 is 25.7. The first kappa shape index (κ1) is 12.2. The normalized spacial score (nSPS) is 14.4. The molecule has 4 N–H and O–H groups in total. The number of aromatic nitrogens is 1. The highest BCUT2D eigenvalue weighted by molar-refractivity contribution is 7.89. The zero-order chi connectivity index (χ0) is 11.5. The number of nitrogens with one attached hydrogen (secondary N) is 2. The van der Waals surface area contributed by atoms with Crippen LogP contribution >= 0.6 is 0 Å². The van der Waals surface area contributed by atoms with E-state index >= 15 is 0 Å². The van der Waals surface area contributed by atoms with Crippen LogP contribution in [0.15, 0.2) is 23.4 Å². The molecule has 1 heterocycles. The van der Waals surface area contributed by atoms with Gasteiger partial charge in [-0.3, -0.25) is 0 Å². The Morgan fingerprint density at radius 2 is 2.20 bits per heavy atom. The molecule has 0 aromatic carbocycles. The summed E-state index contributed by atoms with van der Waals surface area (Å²) in [6, 6.07) is 1.34. The van der Waals surface area contributed by atoms with Crippen LogP contribution in [0.25, 0.3) is 0 Å². The summed E-state index contributed by atoms with van der Waals surface area (Å²) in [6.45, 7) is 4.16. The molecule has 86 valence electrons. The van der Waals surface area contributed by atoms with Crippen LogP contribution < -0.4 is 10.5 Å². The molecule has 0 fully saturated rings. The monoisotopic (exact) mass is 231 g/mol. The molecule has 6 heteroatoms. The van der Waals surface area contributed by atoms with E-state index in [2.05, 4.69) is 9.71 Å². The molecular weight excluding hydrogens is 214 g/mol. The molecule has 1 unspecified atom stereocenters. The largest absolute Gasteiger partial charge is 0.366 e. The van der Waals surface area contributed by atoms with Crippen LogP contribution in [0.4, 0.5) is 0 Å². The van der Waals surface area contributed by atoms with Crippen LogP contribution in [-0.4, -0.2) is 26.0 Å².